The average molecular weight is 265 g/mol. The maximum absolute atomic E-state index is 5.91. The molecule has 0 saturated heterocycles. The molecule has 102 valence electrons. The molecule has 3 nitrogen and oxygen atoms in total. The minimum absolute atomic E-state index is 0.143. The molecule has 0 radical (unpaired) electrons. The quantitative estimate of drug-likeness (QED) is 0.715. The number of nitrogens with zero attached hydrogens (tertiary/aromatic N) is 1. The van der Waals surface area contributed by atoms with Crippen LogP contribution in [0.15, 0.2) is 54.7 Å². The van der Waals surface area contributed by atoms with Crippen molar-refractivity contribution in [1.29, 1.82) is 0 Å². The van der Waals surface area contributed by atoms with E-state index in [2.05, 4.69) is 53.5 Å². The summed E-state index contributed by atoms with van der Waals surface area (Å²) in [5, 5.41) is 4.67. The van der Waals surface area contributed by atoms with Crippen LogP contribution in [0.3, 0.4) is 0 Å². The van der Waals surface area contributed by atoms with E-state index in [0.29, 0.717) is 0 Å². The van der Waals surface area contributed by atoms with Crippen molar-refractivity contribution in [3.8, 4) is 0 Å². The maximum Gasteiger partial charge on any atom is 0.0596 e. The molecule has 0 aliphatic heterocycles. The van der Waals surface area contributed by atoms with Crippen molar-refractivity contribution in [3.63, 3.8) is 0 Å². The SMILES string of the molecule is CNC(c1cccc(N)c1)c1cn(C)c2ccccc12. The fraction of sp³-hybridized carbons (Fsp3) is 0.176. The first kappa shape index (κ1) is 12.8. The number of nitrogens with one attached hydrogen (secondary N) is 1. The molecule has 3 heteroatoms. The van der Waals surface area contributed by atoms with Gasteiger partial charge in [0.25, 0.3) is 0 Å². The summed E-state index contributed by atoms with van der Waals surface area (Å²) in [5.41, 5.74) is 10.4. The van der Waals surface area contributed by atoms with Gasteiger partial charge in [0.15, 0.2) is 0 Å². The molecule has 0 amide bonds. The van der Waals surface area contributed by atoms with Gasteiger partial charge in [0, 0.05) is 29.8 Å². The van der Waals surface area contributed by atoms with Crippen LogP contribution in [0, 0.1) is 0 Å². The van der Waals surface area contributed by atoms with Gasteiger partial charge in [-0.15, -0.1) is 0 Å². The Morgan fingerprint density at radius 2 is 1.90 bits per heavy atom. The summed E-state index contributed by atoms with van der Waals surface area (Å²) in [6, 6.07) is 16.7. The van der Waals surface area contributed by atoms with Crippen LogP contribution in [0.5, 0.6) is 0 Å². The van der Waals surface area contributed by atoms with Gasteiger partial charge < -0.3 is 15.6 Å². The summed E-state index contributed by atoms with van der Waals surface area (Å²) >= 11 is 0. The second-order valence-corrected chi connectivity index (χ2v) is 5.10. The number of hydrogen-bond acceptors (Lipinski definition) is 2. The summed E-state index contributed by atoms with van der Waals surface area (Å²) in [4.78, 5) is 0. The van der Waals surface area contributed by atoms with E-state index in [0.717, 1.165) is 5.69 Å². The van der Waals surface area contributed by atoms with E-state index in [4.69, 9.17) is 5.73 Å². The van der Waals surface area contributed by atoms with Crippen LogP contribution in [0.25, 0.3) is 10.9 Å². The number of nitrogen functional groups attached to an aromatic ring is 1. The third-order valence-corrected chi connectivity index (χ3v) is 3.77. The summed E-state index contributed by atoms with van der Waals surface area (Å²) in [5.74, 6) is 0. The molecular formula is C17H19N3. The Hall–Kier alpha value is -2.26. The summed E-state index contributed by atoms with van der Waals surface area (Å²) in [7, 11) is 4.06. The molecule has 0 aliphatic rings. The molecule has 20 heavy (non-hydrogen) atoms. The molecule has 1 aromatic heterocycles. The predicted octanol–water partition coefficient (Wildman–Crippen LogP) is 3.07. The Morgan fingerprint density at radius 1 is 1.10 bits per heavy atom. The number of anilines is 1. The van der Waals surface area contributed by atoms with Gasteiger partial charge in [-0.1, -0.05) is 30.3 Å². The number of benzene rings is 2. The van der Waals surface area contributed by atoms with E-state index in [-0.39, 0.29) is 6.04 Å². The Balaban J connectivity index is 2.17. The van der Waals surface area contributed by atoms with Gasteiger partial charge >= 0.3 is 0 Å². The first-order valence-electron chi connectivity index (χ1n) is 6.77. The van der Waals surface area contributed by atoms with Crippen LogP contribution in [0.4, 0.5) is 5.69 Å². The Kier molecular flexibility index (Phi) is 3.20. The van der Waals surface area contributed by atoms with Crippen molar-refractivity contribution in [2.45, 2.75) is 6.04 Å². The van der Waals surface area contributed by atoms with Gasteiger partial charge in [-0.2, -0.15) is 0 Å². The summed E-state index contributed by atoms with van der Waals surface area (Å²) in [6.07, 6.45) is 2.19. The van der Waals surface area contributed by atoms with Crippen molar-refractivity contribution in [2.24, 2.45) is 7.05 Å². The average Bonchev–Trinajstić information content (AvgIpc) is 2.78. The lowest BCUT2D eigenvalue weighted by Crippen LogP contribution is -2.17. The standard InChI is InChI=1S/C17H19N3/c1-19-17(12-6-5-7-13(18)10-12)15-11-20(2)16-9-4-3-8-14(15)16/h3-11,17,19H,18H2,1-2H3. The second kappa shape index (κ2) is 5.02. The third-order valence-electron chi connectivity index (χ3n) is 3.77. The molecule has 3 N–H and O–H groups in total. The van der Waals surface area contributed by atoms with E-state index in [1.54, 1.807) is 0 Å². The van der Waals surface area contributed by atoms with E-state index in [1.165, 1.54) is 22.0 Å². The van der Waals surface area contributed by atoms with Crippen molar-refractivity contribution in [1.82, 2.24) is 9.88 Å². The highest BCUT2D eigenvalue weighted by Crippen LogP contribution is 2.30. The Morgan fingerprint density at radius 3 is 2.65 bits per heavy atom. The lowest BCUT2D eigenvalue weighted by molar-refractivity contribution is 0.694. The zero-order valence-electron chi connectivity index (χ0n) is 11.8. The summed E-state index contributed by atoms with van der Waals surface area (Å²) < 4.78 is 2.17. The normalized spacial score (nSPS) is 12.7. The monoisotopic (exact) mass is 265 g/mol. The number of para-hydroxylation sites is 1. The third kappa shape index (κ3) is 2.06. The van der Waals surface area contributed by atoms with Crippen LogP contribution < -0.4 is 11.1 Å². The maximum atomic E-state index is 5.91. The van der Waals surface area contributed by atoms with Gasteiger partial charge in [0.1, 0.15) is 0 Å². The van der Waals surface area contributed by atoms with E-state index in [1.807, 2.05) is 25.2 Å². The van der Waals surface area contributed by atoms with Crippen molar-refractivity contribution in [2.75, 3.05) is 12.8 Å². The number of nitrogens with two attached hydrogens (primary N) is 1. The molecule has 1 unspecified atom stereocenters. The highest BCUT2D eigenvalue weighted by molar-refractivity contribution is 5.84. The number of fused-ring (bicyclic) bond motifs is 1. The van der Waals surface area contributed by atoms with Crippen LogP contribution >= 0.6 is 0 Å². The molecule has 2 aromatic carbocycles. The van der Waals surface area contributed by atoms with Crippen LogP contribution in [0.2, 0.25) is 0 Å². The number of rotatable bonds is 3. The molecule has 3 rings (SSSR count). The molecule has 3 aromatic rings. The highest BCUT2D eigenvalue weighted by atomic mass is 14.9. The zero-order chi connectivity index (χ0) is 14.1. The van der Waals surface area contributed by atoms with E-state index in [9.17, 15) is 0 Å². The molecule has 1 atom stereocenters. The molecule has 0 saturated carbocycles. The summed E-state index contributed by atoms with van der Waals surface area (Å²) in [6.45, 7) is 0. The fourth-order valence-electron chi connectivity index (χ4n) is 2.84. The zero-order valence-corrected chi connectivity index (χ0v) is 11.8. The van der Waals surface area contributed by atoms with Gasteiger partial charge in [-0.25, -0.2) is 0 Å². The molecule has 0 bridgehead atoms. The molecule has 0 aliphatic carbocycles. The largest absolute Gasteiger partial charge is 0.399 e. The topological polar surface area (TPSA) is 43.0 Å². The Bertz CT molecular complexity index is 743. The predicted molar refractivity (Wildman–Crippen MR) is 84.7 cm³/mol. The number of hydrogen-bond donors (Lipinski definition) is 2. The first-order chi connectivity index (χ1) is 9.70. The lowest BCUT2D eigenvalue weighted by Gasteiger charge is -2.16. The van der Waals surface area contributed by atoms with Gasteiger partial charge in [0.2, 0.25) is 0 Å². The second-order valence-electron chi connectivity index (χ2n) is 5.10. The van der Waals surface area contributed by atoms with Gasteiger partial charge in [0.05, 0.1) is 6.04 Å². The van der Waals surface area contributed by atoms with E-state index >= 15 is 0 Å². The minimum Gasteiger partial charge on any atom is -0.399 e. The van der Waals surface area contributed by atoms with Gasteiger partial charge in [-0.05, 0) is 36.4 Å². The van der Waals surface area contributed by atoms with Crippen molar-refractivity contribution >= 4 is 16.6 Å². The fourth-order valence-corrected chi connectivity index (χ4v) is 2.84. The van der Waals surface area contributed by atoms with E-state index < -0.39 is 0 Å². The highest BCUT2D eigenvalue weighted by Gasteiger charge is 2.17. The van der Waals surface area contributed by atoms with Crippen LogP contribution in [-0.4, -0.2) is 11.6 Å². The smallest absolute Gasteiger partial charge is 0.0596 e. The van der Waals surface area contributed by atoms with Crippen LogP contribution in [0.1, 0.15) is 17.2 Å². The van der Waals surface area contributed by atoms with Gasteiger partial charge in [-0.3, -0.25) is 0 Å². The van der Waals surface area contributed by atoms with Crippen LogP contribution in [-0.2, 0) is 7.05 Å². The number of aryl methyl sites for hydroxylation is 1. The lowest BCUT2D eigenvalue weighted by atomic mass is 9.98. The molecule has 0 spiro atoms. The molecule has 1 heterocycles. The van der Waals surface area contributed by atoms with Crippen molar-refractivity contribution in [3.05, 3.63) is 65.9 Å². The minimum atomic E-state index is 0.143. The molecular weight excluding hydrogens is 246 g/mol. The number of aromatic nitrogens is 1. The van der Waals surface area contributed by atoms with Crippen molar-refractivity contribution < 1.29 is 0 Å². The first-order valence-corrected chi connectivity index (χ1v) is 6.77. The molecule has 0 fully saturated rings. The Labute approximate surface area is 119 Å².